The fraction of sp³-hybridized carbons (Fsp3) is 0.391. The van der Waals surface area contributed by atoms with E-state index in [1.54, 1.807) is 0 Å². The normalized spacial score (nSPS) is 12.3. The first-order chi connectivity index (χ1) is 13.0. The number of amides is 1. The highest BCUT2D eigenvalue weighted by atomic mass is 16.2. The number of aromatic nitrogens is 2. The number of aryl methyl sites for hydroxylation is 2. The van der Waals surface area contributed by atoms with Gasteiger partial charge in [-0.1, -0.05) is 51.0 Å². The molecule has 0 bridgehead atoms. The van der Waals surface area contributed by atoms with Gasteiger partial charge < -0.3 is 5.32 Å². The molecule has 1 amide bonds. The molecule has 3 aromatic rings. The lowest BCUT2D eigenvalue weighted by atomic mass is 9.98. The molecule has 0 aliphatic rings. The van der Waals surface area contributed by atoms with Gasteiger partial charge in [0.1, 0.15) is 17.2 Å². The summed E-state index contributed by atoms with van der Waals surface area (Å²) >= 11 is 0. The highest BCUT2D eigenvalue weighted by Crippen LogP contribution is 2.32. The number of benzene rings is 1. The van der Waals surface area contributed by atoms with Crippen molar-refractivity contribution in [2.75, 3.05) is 5.32 Å². The minimum atomic E-state index is 0.0330. The number of hydrogen-bond acceptors (Lipinski definition) is 2. The smallest absolute Gasteiger partial charge is 0.228 e. The maximum absolute atomic E-state index is 13.0. The van der Waals surface area contributed by atoms with Crippen molar-refractivity contribution in [2.24, 2.45) is 5.92 Å². The fourth-order valence-corrected chi connectivity index (χ4v) is 3.48. The van der Waals surface area contributed by atoms with Gasteiger partial charge in [-0.3, -0.25) is 9.20 Å². The Labute approximate surface area is 161 Å². The second-order valence-electron chi connectivity index (χ2n) is 7.29. The molecule has 1 atom stereocenters. The Morgan fingerprint density at radius 2 is 1.96 bits per heavy atom. The van der Waals surface area contributed by atoms with Crippen LogP contribution in [0.1, 0.15) is 50.7 Å². The molecule has 0 spiro atoms. The van der Waals surface area contributed by atoms with Crippen LogP contribution >= 0.6 is 0 Å². The first-order valence-electron chi connectivity index (χ1n) is 9.90. The van der Waals surface area contributed by atoms with Crippen LogP contribution < -0.4 is 5.32 Å². The van der Waals surface area contributed by atoms with Crippen LogP contribution in [0.3, 0.4) is 0 Å². The van der Waals surface area contributed by atoms with Gasteiger partial charge in [0.2, 0.25) is 5.91 Å². The number of unbranched alkanes of at least 4 members (excludes halogenated alkanes) is 1. The van der Waals surface area contributed by atoms with Crippen LogP contribution in [-0.4, -0.2) is 15.3 Å². The van der Waals surface area contributed by atoms with Crippen molar-refractivity contribution in [1.82, 2.24) is 9.38 Å². The van der Waals surface area contributed by atoms with Crippen molar-refractivity contribution >= 4 is 17.4 Å². The zero-order valence-corrected chi connectivity index (χ0v) is 16.7. The van der Waals surface area contributed by atoms with E-state index in [-0.39, 0.29) is 11.8 Å². The molecule has 4 heteroatoms. The average molecular weight is 364 g/mol. The average Bonchev–Trinajstić information content (AvgIpc) is 3.00. The van der Waals surface area contributed by atoms with Gasteiger partial charge in [0, 0.05) is 17.7 Å². The summed E-state index contributed by atoms with van der Waals surface area (Å²) < 4.78 is 1.99. The molecule has 4 nitrogen and oxygen atoms in total. The zero-order valence-electron chi connectivity index (χ0n) is 16.7. The number of nitrogens with zero attached hydrogens (tertiary/aromatic N) is 2. The number of imidazole rings is 1. The Morgan fingerprint density at radius 3 is 2.67 bits per heavy atom. The van der Waals surface area contributed by atoms with Crippen LogP contribution in [0.15, 0.2) is 42.6 Å². The van der Waals surface area contributed by atoms with E-state index in [1.807, 2.05) is 34.9 Å². The summed E-state index contributed by atoms with van der Waals surface area (Å²) in [6, 6.07) is 12.3. The van der Waals surface area contributed by atoms with E-state index in [2.05, 4.69) is 45.1 Å². The molecule has 0 saturated carbocycles. The van der Waals surface area contributed by atoms with Crippen molar-refractivity contribution in [3.05, 3.63) is 53.7 Å². The molecule has 0 aliphatic carbocycles. The molecule has 0 saturated heterocycles. The largest absolute Gasteiger partial charge is 0.310 e. The Balaban J connectivity index is 2.06. The van der Waals surface area contributed by atoms with Gasteiger partial charge in [0.05, 0.1) is 0 Å². The summed E-state index contributed by atoms with van der Waals surface area (Å²) in [7, 11) is 0. The first-order valence-corrected chi connectivity index (χ1v) is 9.90. The zero-order chi connectivity index (χ0) is 19.4. The third-order valence-electron chi connectivity index (χ3n) is 5.19. The molecule has 2 heterocycles. The van der Waals surface area contributed by atoms with E-state index in [0.717, 1.165) is 59.5 Å². The quantitative estimate of drug-likeness (QED) is 0.579. The molecule has 142 valence electrons. The number of anilines is 1. The van der Waals surface area contributed by atoms with Gasteiger partial charge >= 0.3 is 0 Å². The van der Waals surface area contributed by atoms with E-state index in [9.17, 15) is 4.79 Å². The van der Waals surface area contributed by atoms with Crippen molar-refractivity contribution in [3.63, 3.8) is 0 Å². The van der Waals surface area contributed by atoms with Crippen molar-refractivity contribution < 1.29 is 4.79 Å². The Bertz CT molecular complexity index is 942. The maximum Gasteiger partial charge on any atom is 0.228 e. The topological polar surface area (TPSA) is 46.4 Å². The maximum atomic E-state index is 13.0. The molecule has 0 unspecified atom stereocenters. The van der Waals surface area contributed by atoms with E-state index < -0.39 is 0 Å². The minimum absolute atomic E-state index is 0.0330. The van der Waals surface area contributed by atoms with Gasteiger partial charge in [-0.05, 0) is 49.9 Å². The summed E-state index contributed by atoms with van der Waals surface area (Å²) in [6.45, 7) is 8.37. The lowest BCUT2D eigenvalue weighted by molar-refractivity contribution is -0.120. The lowest BCUT2D eigenvalue weighted by Crippen LogP contribution is -2.23. The number of carbonyl (C=O) groups is 1. The van der Waals surface area contributed by atoms with E-state index in [4.69, 9.17) is 4.98 Å². The number of hydrogen-bond donors (Lipinski definition) is 1. The number of fused-ring (bicyclic) bond motifs is 1. The molecule has 3 rings (SSSR count). The van der Waals surface area contributed by atoms with Crippen molar-refractivity contribution in [1.29, 1.82) is 0 Å². The standard InChI is InChI=1S/C23H29N3O/c1-5-7-11-18(6-2)23(27)25-22-21(19-12-9-8-10-17(19)4)24-20-15-16(3)13-14-26(20)22/h8-10,12-15,18H,5-7,11H2,1-4H3,(H,25,27)/t18-/m0/s1. The van der Waals surface area contributed by atoms with E-state index >= 15 is 0 Å². The second-order valence-corrected chi connectivity index (χ2v) is 7.29. The third kappa shape index (κ3) is 4.05. The van der Waals surface area contributed by atoms with Crippen LogP contribution in [0.2, 0.25) is 0 Å². The lowest BCUT2D eigenvalue weighted by Gasteiger charge is -2.15. The predicted octanol–water partition coefficient (Wildman–Crippen LogP) is 5.77. The number of carbonyl (C=O) groups excluding carboxylic acids is 1. The molecular formula is C23H29N3O. The second kappa shape index (κ2) is 8.38. The van der Waals surface area contributed by atoms with Crippen LogP contribution in [0, 0.1) is 19.8 Å². The number of nitrogens with one attached hydrogen (secondary N) is 1. The Morgan fingerprint density at radius 1 is 1.19 bits per heavy atom. The minimum Gasteiger partial charge on any atom is -0.310 e. The van der Waals surface area contributed by atoms with Gasteiger partial charge in [0.25, 0.3) is 0 Å². The van der Waals surface area contributed by atoms with E-state index in [1.165, 1.54) is 0 Å². The molecule has 1 aromatic carbocycles. The SMILES string of the molecule is CCCC[C@H](CC)C(=O)Nc1c(-c2ccccc2C)nc2cc(C)ccn12. The van der Waals surface area contributed by atoms with Gasteiger partial charge in [0.15, 0.2) is 0 Å². The van der Waals surface area contributed by atoms with Crippen LogP contribution in [-0.2, 0) is 4.79 Å². The van der Waals surface area contributed by atoms with Crippen molar-refractivity contribution in [2.45, 2.75) is 53.4 Å². The molecular weight excluding hydrogens is 334 g/mol. The predicted molar refractivity (Wildman–Crippen MR) is 112 cm³/mol. The summed E-state index contributed by atoms with van der Waals surface area (Å²) in [5.74, 6) is 0.882. The van der Waals surface area contributed by atoms with Crippen LogP contribution in [0.25, 0.3) is 16.9 Å². The molecule has 1 N–H and O–H groups in total. The molecule has 0 radical (unpaired) electrons. The first kappa shape index (κ1) is 19.2. The third-order valence-corrected chi connectivity index (χ3v) is 5.19. The summed E-state index contributed by atoms with van der Waals surface area (Å²) in [4.78, 5) is 17.8. The number of rotatable bonds is 7. The highest BCUT2D eigenvalue weighted by molar-refractivity contribution is 5.96. The molecule has 0 aliphatic heterocycles. The van der Waals surface area contributed by atoms with Crippen LogP contribution in [0.5, 0.6) is 0 Å². The van der Waals surface area contributed by atoms with E-state index in [0.29, 0.717) is 0 Å². The summed E-state index contributed by atoms with van der Waals surface area (Å²) in [6.07, 6.45) is 5.94. The van der Waals surface area contributed by atoms with Gasteiger partial charge in [-0.25, -0.2) is 4.98 Å². The van der Waals surface area contributed by atoms with Crippen molar-refractivity contribution in [3.8, 4) is 11.3 Å². The summed E-state index contributed by atoms with van der Waals surface area (Å²) in [5.41, 5.74) is 5.03. The highest BCUT2D eigenvalue weighted by Gasteiger charge is 2.21. The number of pyridine rings is 1. The summed E-state index contributed by atoms with van der Waals surface area (Å²) in [5, 5.41) is 3.20. The Kier molecular flexibility index (Phi) is 5.94. The Hall–Kier alpha value is -2.62. The monoisotopic (exact) mass is 363 g/mol. The fourth-order valence-electron chi connectivity index (χ4n) is 3.48. The molecule has 27 heavy (non-hydrogen) atoms. The van der Waals surface area contributed by atoms with Crippen LogP contribution in [0.4, 0.5) is 5.82 Å². The molecule has 0 fully saturated rings. The van der Waals surface area contributed by atoms with Gasteiger partial charge in [-0.2, -0.15) is 0 Å². The van der Waals surface area contributed by atoms with Gasteiger partial charge in [-0.15, -0.1) is 0 Å². The molecule has 2 aromatic heterocycles.